The van der Waals surface area contributed by atoms with Crippen molar-refractivity contribution in [3.8, 4) is 0 Å². The second-order valence-corrected chi connectivity index (χ2v) is 6.85. The summed E-state index contributed by atoms with van der Waals surface area (Å²) in [6.07, 6.45) is 2.03. The Bertz CT molecular complexity index is 958. The molecular weight excluding hydrogens is 342 g/mol. The summed E-state index contributed by atoms with van der Waals surface area (Å²) in [5, 5.41) is 3.83. The van der Waals surface area contributed by atoms with Gasteiger partial charge in [-0.25, -0.2) is 4.79 Å². The van der Waals surface area contributed by atoms with Crippen molar-refractivity contribution in [1.82, 2.24) is 5.32 Å². The summed E-state index contributed by atoms with van der Waals surface area (Å²) in [5.41, 5.74) is 3.02. The van der Waals surface area contributed by atoms with Crippen molar-refractivity contribution >= 4 is 22.8 Å². The first-order valence-corrected chi connectivity index (χ1v) is 9.19. The Hall–Kier alpha value is -3.08. The monoisotopic (exact) mass is 363 g/mol. The first-order chi connectivity index (χ1) is 13.1. The van der Waals surface area contributed by atoms with Crippen LogP contribution in [0.4, 0.5) is 0 Å². The number of benzene rings is 2. The number of carbonyl (C=O) groups is 2. The van der Waals surface area contributed by atoms with Gasteiger partial charge in [0.05, 0.1) is 6.04 Å². The van der Waals surface area contributed by atoms with Gasteiger partial charge >= 0.3 is 5.97 Å². The summed E-state index contributed by atoms with van der Waals surface area (Å²) in [6.45, 7) is 1.57. The molecule has 0 unspecified atom stereocenters. The minimum atomic E-state index is -0.903. The van der Waals surface area contributed by atoms with Gasteiger partial charge in [-0.2, -0.15) is 0 Å². The highest BCUT2D eigenvalue weighted by Crippen LogP contribution is 2.29. The molecule has 4 rings (SSSR count). The third-order valence-corrected chi connectivity index (χ3v) is 4.97. The molecule has 1 aromatic heterocycles. The molecule has 0 saturated carbocycles. The maximum Gasteiger partial charge on any atom is 0.375 e. The lowest BCUT2D eigenvalue weighted by atomic mass is 9.87. The molecule has 0 spiro atoms. The molecule has 1 heterocycles. The van der Waals surface area contributed by atoms with E-state index in [1.165, 1.54) is 5.56 Å². The summed E-state index contributed by atoms with van der Waals surface area (Å²) >= 11 is 0. The highest BCUT2D eigenvalue weighted by Gasteiger charge is 2.26. The van der Waals surface area contributed by atoms with E-state index in [0.29, 0.717) is 5.58 Å². The molecule has 2 aromatic carbocycles. The summed E-state index contributed by atoms with van der Waals surface area (Å²) < 4.78 is 10.8. The maximum absolute atomic E-state index is 12.5. The molecule has 27 heavy (non-hydrogen) atoms. The van der Waals surface area contributed by atoms with Crippen molar-refractivity contribution in [1.29, 1.82) is 0 Å². The topological polar surface area (TPSA) is 68.5 Å². The van der Waals surface area contributed by atoms with E-state index in [9.17, 15) is 9.59 Å². The molecule has 1 N–H and O–H groups in total. The molecule has 0 radical (unpaired) electrons. The van der Waals surface area contributed by atoms with Crippen molar-refractivity contribution in [2.24, 2.45) is 0 Å². The second-order valence-electron chi connectivity index (χ2n) is 6.85. The predicted molar refractivity (Wildman–Crippen MR) is 101 cm³/mol. The van der Waals surface area contributed by atoms with E-state index >= 15 is 0 Å². The molecule has 1 aliphatic carbocycles. The summed E-state index contributed by atoms with van der Waals surface area (Å²) in [4.78, 5) is 24.9. The van der Waals surface area contributed by atoms with Crippen LogP contribution in [0.3, 0.4) is 0 Å². The summed E-state index contributed by atoms with van der Waals surface area (Å²) in [5.74, 6) is -0.849. The van der Waals surface area contributed by atoms with Crippen LogP contribution in [0.25, 0.3) is 11.0 Å². The van der Waals surface area contributed by atoms with Crippen molar-refractivity contribution in [3.63, 3.8) is 0 Å². The lowest BCUT2D eigenvalue weighted by Crippen LogP contribution is -2.39. The van der Waals surface area contributed by atoms with Gasteiger partial charge in [0.15, 0.2) is 6.10 Å². The Morgan fingerprint density at radius 3 is 2.78 bits per heavy atom. The van der Waals surface area contributed by atoms with Gasteiger partial charge in [0, 0.05) is 5.39 Å². The number of hydrogen-bond donors (Lipinski definition) is 1. The zero-order valence-corrected chi connectivity index (χ0v) is 15.1. The van der Waals surface area contributed by atoms with E-state index in [1.807, 2.05) is 36.4 Å². The number of nitrogens with one attached hydrogen (secondary N) is 1. The Morgan fingerprint density at radius 1 is 1.15 bits per heavy atom. The van der Waals surface area contributed by atoms with Crippen molar-refractivity contribution in [2.75, 3.05) is 0 Å². The number of fused-ring (bicyclic) bond motifs is 2. The number of amides is 1. The Labute approximate surface area is 157 Å². The van der Waals surface area contributed by atoms with Gasteiger partial charge in [0.1, 0.15) is 5.58 Å². The fourth-order valence-electron chi connectivity index (χ4n) is 3.55. The van der Waals surface area contributed by atoms with E-state index < -0.39 is 12.1 Å². The van der Waals surface area contributed by atoms with Crippen LogP contribution in [-0.4, -0.2) is 18.0 Å². The predicted octanol–water partition coefficient (Wildman–Crippen LogP) is 4.17. The number of ether oxygens (including phenoxy) is 1. The molecule has 0 saturated heterocycles. The molecule has 5 nitrogen and oxygen atoms in total. The molecule has 1 aliphatic rings. The molecule has 138 valence electrons. The van der Waals surface area contributed by atoms with E-state index in [0.717, 1.165) is 30.2 Å². The van der Waals surface area contributed by atoms with Crippen molar-refractivity contribution in [2.45, 2.75) is 38.3 Å². The molecule has 5 heteroatoms. The van der Waals surface area contributed by atoms with E-state index in [4.69, 9.17) is 9.15 Å². The summed E-state index contributed by atoms with van der Waals surface area (Å²) in [6, 6.07) is 17.0. The van der Waals surface area contributed by atoms with Crippen LogP contribution in [0.15, 0.2) is 59.0 Å². The van der Waals surface area contributed by atoms with Gasteiger partial charge in [-0.05, 0) is 49.4 Å². The second kappa shape index (κ2) is 7.27. The minimum Gasteiger partial charge on any atom is -0.449 e. The normalized spacial score (nSPS) is 17.1. The van der Waals surface area contributed by atoms with Gasteiger partial charge in [0.25, 0.3) is 5.91 Å². The van der Waals surface area contributed by atoms with Crippen molar-refractivity contribution < 1.29 is 18.7 Å². The standard InChI is InChI=1S/C22H21NO4/c1-14(26-22(25)20-13-16-8-3-5-12-19(16)27-20)21(24)23-18-11-6-9-15-7-2-4-10-17(15)18/h2-5,7-8,10,12-14,18H,6,9,11H2,1H3,(H,23,24)/t14-,18-/m0/s1. The molecule has 3 aromatic rings. The van der Waals surface area contributed by atoms with Gasteiger partial charge in [-0.15, -0.1) is 0 Å². The molecule has 0 fully saturated rings. The van der Waals surface area contributed by atoms with Crippen LogP contribution >= 0.6 is 0 Å². The van der Waals surface area contributed by atoms with Crippen LogP contribution in [0.1, 0.15) is 47.5 Å². The van der Waals surface area contributed by atoms with Crippen molar-refractivity contribution in [3.05, 3.63) is 71.5 Å². The lowest BCUT2D eigenvalue weighted by molar-refractivity contribution is -0.130. The van der Waals surface area contributed by atoms with Gasteiger partial charge < -0.3 is 14.5 Å². The fourth-order valence-corrected chi connectivity index (χ4v) is 3.55. The smallest absolute Gasteiger partial charge is 0.375 e. The first-order valence-electron chi connectivity index (χ1n) is 9.19. The highest BCUT2D eigenvalue weighted by molar-refractivity contribution is 5.94. The van der Waals surface area contributed by atoms with E-state index in [-0.39, 0.29) is 17.7 Å². The zero-order valence-electron chi connectivity index (χ0n) is 15.1. The van der Waals surface area contributed by atoms with E-state index in [1.54, 1.807) is 19.1 Å². The number of aryl methyl sites for hydroxylation is 1. The fraction of sp³-hybridized carbons (Fsp3) is 0.273. The number of esters is 1. The lowest BCUT2D eigenvalue weighted by Gasteiger charge is -2.27. The van der Waals surface area contributed by atoms with Crippen LogP contribution in [-0.2, 0) is 16.0 Å². The average Bonchev–Trinajstić information content (AvgIpc) is 3.12. The SMILES string of the molecule is C[C@H](OC(=O)c1cc2ccccc2o1)C(=O)N[C@H]1CCCc2ccccc21. The number of rotatable bonds is 4. The molecule has 0 aliphatic heterocycles. The third kappa shape index (κ3) is 3.58. The average molecular weight is 363 g/mol. The van der Waals surface area contributed by atoms with Crippen LogP contribution in [0.5, 0.6) is 0 Å². The number of carbonyl (C=O) groups excluding carboxylic acids is 2. The molecule has 0 bridgehead atoms. The summed E-state index contributed by atoms with van der Waals surface area (Å²) in [7, 11) is 0. The molecule has 1 amide bonds. The first kappa shape index (κ1) is 17.3. The number of para-hydroxylation sites is 1. The molecular formula is C22H21NO4. The highest BCUT2D eigenvalue weighted by atomic mass is 16.6. The zero-order chi connectivity index (χ0) is 18.8. The quantitative estimate of drug-likeness (QED) is 0.706. The number of hydrogen-bond acceptors (Lipinski definition) is 4. The van der Waals surface area contributed by atoms with Gasteiger partial charge in [-0.3, -0.25) is 4.79 Å². The van der Waals surface area contributed by atoms with Crippen LogP contribution < -0.4 is 5.32 Å². The van der Waals surface area contributed by atoms with E-state index in [2.05, 4.69) is 11.4 Å². The number of furan rings is 1. The van der Waals surface area contributed by atoms with Gasteiger partial charge in [-0.1, -0.05) is 42.5 Å². The third-order valence-electron chi connectivity index (χ3n) is 4.97. The van der Waals surface area contributed by atoms with Crippen LogP contribution in [0, 0.1) is 0 Å². The largest absolute Gasteiger partial charge is 0.449 e. The van der Waals surface area contributed by atoms with Crippen LogP contribution in [0.2, 0.25) is 0 Å². The molecule has 2 atom stereocenters. The Balaban J connectivity index is 1.41. The van der Waals surface area contributed by atoms with Gasteiger partial charge in [0.2, 0.25) is 5.76 Å². The maximum atomic E-state index is 12.5. The Morgan fingerprint density at radius 2 is 1.93 bits per heavy atom. The Kier molecular flexibility index (Phi) is 4.67. The minimum absolute atomic E-state index is 0.0465.